The summed E-state index contributed by atoms with van der Waals surface area (Å²) in [5.41, 5.74) is 4.93. The van der Waals surface area contributed by atoms with Crippen molar-refractivity contribution in [2.75, 3.05) is 7.05 Å². The van der Waals surface area contributed by atoms with Gasteiger partial charge in [-0.15, -0.1) is 0 Å². The topological polar surface area (TPSA) is 50.8 Å². The third-order valence-corrected chi connectivity index (χ3v) is 4.70. The number of benzene rings is 1. The number of carbonyl (C=O) groups is 1. The van der Waals surface area contributed by atoms with Crippen molar-refractivity contribution >= 4 is 5.91 Å². The van der Waals surface area contributed by atoms with Crippen molar-refractivity contribution in [2.24, 2.45) is 0 Å². The average Bonchev–Trinajstić information content (AvgIpc) is 3.04. The van der Waals surface area contributed by atoms with Crippen molar-refractivity contribution in [2.45, 2.75) is 52.5 Å². The lowest BCUT2D eigenvalue weighted by molar-refractivity contribution is -0.717. The number of fused-ring (bicyclic) bond motifs is 1. The SMILES string of the molecule is CNC(=O)CC[C@@H]1CCc2nn(-c3c(C)cc(C)cc3C)c[n+]21. The van der Waals surface area contributed by atoms with Crippen LogP contribution >= 0.6 is 0 Å². The molecule has 1 aliphatic heterocycles. The second-order valence-electron chi connectivity index (χ2n) is 6.54. The molecular weight excluding hydrogens is 288 g/mol. The van der Waals surface area contributed by atoms with E-state index in [0.717, 1.165) is 25.1 Å². The summed E-state index contributed by atoms with van der Waals surface area (Å²) >= 11 is 0. The van der Waals surface area contributed by atoms with E-state index in [0.29, 0.717) is 12.5 Å². The van der Waals surface area contributed by atoms with Crippen LogP contribution in [0.25, 0.3) is 5.69 Å². The van der Waals surface area contributed by atoms with Gasteiger partial charge in [0.15, 0.2) is 0 Å². The molecule has 3 rings (SSSR count). The number of nitrogens with zero attached hydrogens (tertiary/aromatic N) is 3. The Kier molecular flexibility index (Phi) is 4.20. The van der Waals surface area contributed by atoms with Gasteiger partial charge in [0.25, 0.3) is 5.82 Å². The van der Waals surface area contributed by atoms with Crippen molar-refractivity contribution in [3.8, 4) is 5.69 Å². The normalized spacial score (nSPS) is 16.4. The molecule has 1 aromatic heterocycles. The van der Waals surface area contributed by atoms with Gasteiger partial charge in [-0.05, 0) is 44.7 Å². The minimum atomic E-state index is 0.108. The van der Waals surface area contributed by atoms with E-state index in [-0.39, 0.29) is 5.91 Å². The van der Waals surface area contributed by atoms with E-state index in [1.54, 1.807) is 7.05 Å². The van der Waals surface area contributed by atoms with Gasteiger partial charge in [0.1, 0.15) is 5.69 Å². The Balaban J connectivity index is 1.88. The predicted octanol–water partition coefficient (Wildman–Crippen LogP) is 2.10. The summed E-state index contributed by atoms with van der Waals surface area (Å²) in [5.74, 6) is 1.22. The molecule has 1 aromatic carbocycles. The molecule has 23 heavy (non-hydrogen) atoms. The molecule has 2 heterocycles. The monoisotopic (exact) mass is 313 g/mol. The molecule has 1 aliphatic rings. The number of aryl methyl sites for hydroxylation is 4. The van der Waals surface area contributed by atoms with Crippen LogP contribution in [-0.2, 0) is 11.2 Å². The molecule has 2 aromatic rings. The first-order valence-electron chi connectivity index (χ1n) is 8.28. The third kappa shape index (κ3) is 3.00. The van der Waals surface area contributed by atoms with Gasteiger partial charge in [-0.2, -0.15) is 0 Å². The van der Waals surface area contributed by atoms with Gasteiger partial charge in [0, 0.05) is 25.0 Å². The maximum atomic E-state index is 11.5. The molecule has 1 N–H and O–H groups in total. The minimum Gasteiger partial charge on any atom is -0.359 e. The summed E-state index contributed by atoms with van der Waals surface area (Å²) in [7, 11) is 1.69. The van der Waals surface area contributed by atoms with Gasteiger partial charge < -0.3 is 5.32 Å². The Morgan fingerprint density at radius 2 is 2.04 bits per heavy atom. The maximum Gasteiger partial charge on any atom is 0.278 e. The highest BCUT2D eigenvalue weighted by atomic mass is 16.1. The number of rotatable bonds is 4. The first-order valence-corrected chi connectivity index (χ1v) is 8.28. The fourth-order valence-electron chi connectivity index (χ4n) is 3.65. The molecule has 0 fully saturated rings. The standard InChI is InChI=1S/C18H24N4O/c1-12-9-13(2)18(14(3)10-12)22-11-21-15(5-7-16(21)20-22)6-8-17(23)19-4/h9-11,15H,5-8H2,1-4H3/p+1/t15-/m0/s1. The lowest BCUT2D eigenvalue weighted by Gasteiger charge is -2.08. The summed E-state index contributed by atoms with van der Waals surface area (Å²) in [6.07, 6.45) is 5.60. The van der Waals surface area contributed by atoms with Crippen molar-refractivity contribution in [3.05, 3.63) is 41.0 Å². The van der Waals surface area contributed by atoms with E-state index in [1.165, 1.54) is 22.4 Å². The molecular formula is C18H25N4O+. The van der Waals surface area contributed by atoms with Crippen LogP contribution in [0.1, 0.15) is 47.8 Å². The van der Waals surface area contributed by atoms with E-state index < -0.39 is 0 Å². The van der Waals surface area contributed by atoms with E-state index in [9.17, 15) is 4.79 Å². The summed E-state index contributed by atoms with van der Waals surface area (Å²) in [4.78, 5) is 11.5. The van der Waals surface area contributed by atoms with Crippen LogP contribution in [0, 0.1) is 20.8 Å². The molecule has 1 amide bonds. The van der Waals surface area contributed by atoms with Crippen LogP contribution in [0.3, 0.4) is 0 Å². The van der Waals surface area contributed by atoms with Gasteiger partial charge in [-0.1, -0.05) is 22.4 Å². The number of aromatic nitrogens is 3. The minimum absolute atomic E-state index is 0.108. The zero-order valence-electron chi connectivity index (χ0n) is 14.4. The highest BCUT2D eigenvalue weighted by molar-refractivity contribution is 5.75. The van der Waals surface area contributed by atoms with Crippen LogP contribution in [0.15, 0.2) is 18.5 Å². The smallest absolute Gasteiger partial charge is 0.278 e. The second-order valence-corrected chi connectivity index (χ2v) is 6.54. The van der Waals surface area contributed by atoms with Crippen LogP contribution < -0.4 is 9.88 Å². The molecule has 0 radical (unpaired) electrons. The Bertz CT molecular complexity index is 724. The molecule has 0 saturated heterocycles. The predicted molar refractivity (Wildman–Crippen MR) is 88.6 cm³/mol. The number of amides is 1. The zero-order valence-corrected chi connectivity index (χ0v) is 14.4. The molecule has 0 unspecified atom stereocenters. The van der Waals surface area contributed by atoms with E-state index in [1.807, 2.05) is 4.68 Å². The third-order valence-electron chi connectivity index (χ3n) is 4.70. The van der Waals surface area contributed by atoms with Crippen molar-refractivity contribution in [1.29, 1.82) is 0 Å². The van der Waals surface area contributed by atoms with Crippen molar-refractivity contribution in [3.63, 3.8) is 0 Å². The first kappa shape index (κ1) is 15.7. The zero-order chi connectivity index (χ0) is 16.6. The van der Waals surface area contributed by atoms with Crippen LogP contribution in [0.5, 0.6) is 0 Å². The largest absolute Gasteiger partial charge is 0.359 e. The molecule has 5 heteroatoms. The Morgan fingerprint density at radius 3 is 2.70 bits per heavy atom. The lowest BCUT2D eigenvalue weighted by atomic mass is 10.1. The van der Waals surface area contributed by atoms with Gasteiger partial charge in [-0.3, -0.25) is 4.79 Å². The fraction of sp³-hybridized carbons (Fsp3) is 0.500. The molecule has 0 saturated carbocycles. The Morgan fingerprint density at radius 1 is 1.35 bits per heavy atom. The quantitative estimate of drug-likeness (QED) is 0.879. The molecule has 5 nitrogen and oxygen atoms in total. The highest BCUT2D eigenvalue weighted by Crippen LogP contribution is 2.24. The Hall–Kier alpha value is -2.17. The molecule has 122 valence electrons. The van der Waals surface area contributed by atoms with Crippen molar-refractivity contribution < 1.29 is 9.36 Å². The summed E-state index contributed by atoms with van der Waals surface area (Å²) < 4.78 is 4.26. The number of hydrogen-bond acceptors (Lipinski definition) is 2. The van der Waals surface area contributed by atoms with Crippen molar-refractivity contribution in [1.82, 2.24) is 15.1 Å². The fourth-order valence-corrected chi connectivity index (χ4v) is 3.65. The summed E-state index contributed by atoms with van der Waals surface area (Å²) in [6, 6.07) is 4.77. The van der Waals surface area contributed by atoms with Gasteiger partial charge >= 0.3 is 0 Å². The highest BCUT2D eigenvalue weighted by Gasteiger charge is 2.32. The molecule has 0 aliphatic carbocycles. The lowest BCUT2D eigenvalue weighted by Crippen LogP contribution is -2.36. The van der Waals surface area contributed by atoms with Gasteiger partial charge in [-0.25, -0.2) is 4.57 Å². The van der Waals surface area contributed by atoms with Crippen LogP contribution in [0.4, 0.5) is 0 Å². The van der Waals surface area contributed by atoms with Gasteiger partial charge in [0.05, 0.1) is 6.04 Å². The first-order chi connectivity index (χ1) is 11.0. The molecule has 0 spiro atoms. The maximum absolute atomic E-state index is 11.5. The van der Waals surface area contributed by atoms with Crippen LogP contribution in [-0.4, -0.2) is 22.7 Å². The second kappa shape index (κ2) is 6.14. The summed E-state index contributed by atoms with van der Waals surface area (Å²) in [6.45, 7) is 6.39. The number of hydrogen-bond donors (Lipinski definition) is 1. The van der Waals surface area contributed by atoms with E-state index in [2.05, 4.69) is 49.1 Å². The Labute approximate surface area is 137 Å². The molecule has 1 atom stereocenters. The van der Waals surface area contributed by atoms with E-state index in [4.69, 9.17) is 5.10 Å². The number of carbonyl (C=O) groups excluding carboxylic acids is 1. The van der Waals surface area contributed by atoms with E-state index >= 15 is 0 Å². The summed E-state index contributed by atoms with van der Waals surface area (Å²) in [5, 5.41) is 7.48. The van der Waals surface area contributed by atoms with Gasteiger partial charge in [0.2, 0.25) is 12.2 Å². The van der Waals surface area contributed by atoms with Crippen LogP contribution in [0.2, 0.25) is 0 Å². The number of nitrogens with one attached hydrogen (secondary N) is 1. The average molecular weight is 313 g/mol. The molecule has 0 bridgehead atoms.